The molecule has 3 atom stereocenters. The normalized spacial score (nSPS) is 29.2. The molecule has 1 aliphatic heterocycles. The van der Waals surface area contributed by atoms with Gasteiger partial charge in [0.25, 0.3) is 0 Å². The second-order valence-electron chi connectivity index (χ2n) is 7.81. The summed E-state index contributed by atoms with van der Waals surface area (Å²) in [7, 11) is 0. The van der Waals surface area contributed by atoms with Crippen molar-refractivity contribution in [1.29, 1.82) is 0 Å². The molecule has 1 aromatic heterocycles. The molecule has 2 aliphatic carbocycles. The fourth-order valence-corrected chi connectivity index (χ4v) is 4.30. The van der Waals surface area contributed by atoms with E-state index in [1.54, 1.807) is 0 Å². The molecule has 2 heterocycles. The molecular weight excluding hydrogens is 320 g/mol. The van der Waals surface area contributed by atoms with E-state index < -0.39 is 0 Å². The third kappa shape index (κ3) is 3.72. The molecule has 2 saturated carbocycles. The number of carbonyl (C=O) groups is 1. The number of aliphatic hydroxyl groups is 1. The fourth-order valence-electron chi connectivity index (χ4n) is 4.30. The van der Waals surface area contributed by atoms with Gasteiger partial charge in [-0.05, 0) is 25.2 Å². The molecule has 0 aromatic carbocycles. The lowest BCUT2D eigenvalue weighted by Gasteiger charge is -2.25. The quantitative estimate of drug-likeness (QED) is 0.810. The summed E-state index contributed by atoms with van der Waals surface area (Å²) in [6, 6.07) is 0. The van der Waals surface area contributed by atoms with Crippen LogP contribution in [0, 0.1) is 11.8 Å². The van der Waals surface area contributed by atoms with Crippen molar-refractivity contribution < 1.29 is 14.6 Å². The number of hydrogen-bond acceptors (Lipinski definition) is 5. The number of aliphatic hydroxyl groups excluding tert-OH is 1. The maximum Gasteiger partial charge on any atom is 0.220 e. The molecule has 138 valence electrons. The summed E-state index contributed by atoms with van der Waals surface area (Å²) in [6.45, 7) is 2.55. The van der Waals surface area contributed by atoms with Gasteiger partial charge in [0, 0.05) is 31.3 Å². The highest BCUT2D eigenvalue weighted by molar-refractivity contribution is 5.75. The van der Waals surface area contributed by atoms with Gasteiger partial charge in [-0.25, -0.2) is 0 Å². The monoisotopic (exact) mass is 348 g/mol. The Bertz CT molecular complexity index is 613. The van der Waals surface area contributed by atoms with E-state index in [1.165, 1.54) is 19.3 Å². The number of hydrogen-bond donors (Lipinski definition) is 2. The van der Waals surface area contributed by atoms with E-state index in [-0.39, 0.29) is 23.8 Å². The van der Waals surface area contributed by atoms with Gasteiger partial charge in [-0.1, -0.05) is 19.3 Å². The van der Waals surface area contributed by atoms with Crippen LogP contribution in [0.25, 0.3) is 0 Å². The Morgan fingerprint density at radius 3 is 3.00 bits per heavy atom. The predicted molar refractivity (Wildman–Crippen MR) is 90.7 cm³/mol. The van der Waals surface area contributed by atoms with E-state index in [1.807, 2.05) is 0 Å². The topological polar surface area (TPSA) is 89.3 Å². The Morgan fingerprint density at radius 2 is 2.20 bits per heavy atom. The zero-order chi connectivity index (χ0) is 17.2. The third-order valence-corrected chi connectivity index (χ3v) is 6.13. The molecule has 0 bridgehead atoms. The second kappa shape index (κ2) is 7.41. The number of rotatable bonds is 6. The number of amides is 1. The zero-order valence-electron chi connectivity index (χ0n) is 14.7. The third-order valence-electron chi connectivity index (χ3n) is 6.13. The lowest BCUT2D eigenvalue weighted by atomic mass is 9.82. The van der Waals surface area contributed by atoms with Crippen LogP contribution in [0.1, 0.15) is 62.5 Å². The van der Waals surface area contributed by atoms with E-state index in [0.29, 0.717) is 32.6 Å². The molecule has 7 nitrogen and oxygen atoms in total. The van der Waals surface area contributed by atoms with Crippen LogP contribution >= 0.6 is 0 Å². The smallest absolute Gasteiger partial charge is 0.220 e. The van der Waals surface area contributed by atoms with Crippen molar-refractivity contribution in [2.75, 3.05) is 13.2 Å². The van der Waals surface area contributed by atoms with Gasteiger partial charge in [0.05, 0.1) is 12.7 Å². The molecule has 2 N–H and O–H groups in total. The van der Waals surface area contributed by atoms with Gasteiger partial charge in [0.2, 0.25) is 5.91 Å². The van der Waals surface area contributed by atoms with Crippen molar-refractivity contribution in [2.24, 2.45) is 11.8 Å². The Labute approximate surface area is 148 Å². The highest BCUT2D eigenvalue weighted by Crippen LogP contribution is 2.38. The van der Waals surface area contributed by atoms with E-state index in [0.717, 1.165) is 37.0 Å². The number of fused-ring (bicyclic) bond motifs is 1. The van der Waals surface area contributed by atoms with Crippen molar-refractivity contribution in [1.82, 2.24) is 20.1 Å². The average molecular weight is 348 g/mol. The van der Waals surface area contributed by atoms with Crippen molar-refractivity contribution >= 4 is 5.91 Å². The van der Waals surface area contributed by atoms with Gasteiger partial charge in [-0.2, -0.15) is 0 Å². The summed E-state index contributed by atoms with van der Waals surface area (Å²) in [5, 5.41) is 22.0. The highest BCUT2D eigenvalue weighted by atomic mass is 16.5. The Morgan fingerprint density at radius 1 is 1.32 bits per heavy atom. The second-order valence-corrected chi connectivity index (χ2v) is 7.81. The van der Waals surface area contributed by atoms with E-state index in [2.05, 4.69) is 20.1 Å². The maximum atomic E-state index is 12.0. The molecule has 1 amide bonds. The average Bonchev–Trinajstić information content (AvgIpc) is 3.15. The Kier molecular flexibility index (Phi) is 5.03. The molecule has 0 spiro atoms. The lowest BCUT2D eigenvalue weighted by Crippen LogP contribution is -2.32. The van der Waals surface area contributed by atoms with Gasteiger partial charge in [0.1, 0.15) is 12.4 Å². The Hall–Kier alpha value is -1.47. The lowest BCUT2D eigenvalue weighted by molar-refractivity contribution is -0.121. The SMILES string of the molecule is O=C(CCC1CCC1)NC[C@H]1C[C@H](c2nnc3n2CCOC3)C[C@H]1O. The molecular formula is C18H28N4O3. The predicted octanol–water partition coefficient (Wildman–Crippen LogP) is 1.36. The molecule has 0 unspecified atom stereocenters. The van der Waals surface area contributed by atoms with Crippen molar-refractivity contribution in [3.63, 3.8) is 0 Å². The first kappa shape index (κ1) is 17.0. The van der Waals surface area contributed by atoms with Crippen LogP contribution in [0.2, 0.25) is 0 Å². The van der Waals surface area contributed by atoms with Gasteiger partial charge < -0.3 is 19.7 Å². The molecule has 7 heteroatoms. The van der Waals surface area contributed by atoms with Gasteiger partial charge in [0.15, 0.2) is 5.82 Å². The molecule has 2 fully saturated rings. The van der Waals surface area contributed by atoms with Crippen molar-refractivity contribution in [3.05, 3.63) is 11.6 Å². The number of carbonyl (C=O) groups excluding carboxylic acids is 1. The highest BCUT2D eigenvalue weighted by Gasteiger charge is 2.37. The number of ether oxygens (including phenoxy) is 1. The molecule has 0 radical (unpaired) electrons. The largest absolute Gasteiger partial charge is 0.393 e. The Balaban J connectivity index is 1.27. The standard InChI is InChI=1S/C18H28N4O3/c23-15-9-13(18-21-20-16-11-25-7-6-22(16)18)8-14(15)10-19-17(24)5-4-12-2-1-3-12/h12-15,23H,1-11H2,(H,19,24)/t13-,14+,15+/m0/s1. The van der Waals surface area contributed by atoms with Crippen LogP contribution in [0.5, 0.6) is 0 Å². The van der Waals surface area contributed by atoms with Crippen LogP contribution < -0.4 is 5.32 Å². The fraction of sp³-hybridized carbons (Fsp3) is 0.833. The minimum Gasteiger partial charge on any atom is -0.393 e. The first-order valence-electron chi connectivity index (χ1n) is 9.65. The van der Waals surface area contributed by atoms with E-state index in [4.69, 9.17) is 4.74 Å². The summed E-state index contributed by atoms with van der Waals surface area (Å²) in [4.78, 5) is 12.0. The maximum absolute atomic E-state index is 12.0. The van der Waals surface area contributed by atoms with Crippen molar-refractivity contribution in [2.45, 2.75) is 70.1 Å². The van der Waals surface area contributed by atoms with Crippen LogP contribution in [-0.2, 0) is 22.7 Å². The van der Waals surface area contributed by atoms with Gasteiger partial charge >= 0.3 is 0 Å². The summed E-state index contributed by atoms with van der Waals surface area (Å²) < 4.78 is 7.55. The minimum atomic E-state index is -0.385. The summed E-state index contributed by atoms with van der Waals surface area (Å²) in [5.41, 5.74) is 0. The first-order valence-corrected chi connectivity index (χ1v) is 9.65. The number of aromatic nitrogens is 3. The van der Waals surface area contributed by atoms with Crippen LogP contribution in [-0.4, -0.2) is 45.0 Å². The molecule has 1 aromatic rings. The van der Waals surface area contributed by atoms with E-state index in [9.17, 15) is 9.90 Å². The molecule has 0 saturated heterocycles. The zero-order valence-corrected chi connectivity index (χ0v) is 14.7. The van der Waals surface area contributed by atoms with Gasteiger partial charge in [-0.15, -0.1) is 10.2 Å². The summed E-state index contributed by atoms with van der Waals surface area (Å²) in [6.07, 6.45) is 6.67. The number of nitrogens with zero attached hydrogens (tertiary/aromatic N) is 3. The summed E-state index contributed by atoms with van der Waals surface area (Å²) in [5.74, 6) is 3.05. The van der Waals surface area contributed by atoms with E-state index >= 15 is 0 Å². The molecule has 3 aliphatic rings. The molecule has 25 heavy (non-hydrogen) atoms. The first-order chi connectivity index (χ1) is 12.2. The van der Waals surface area contributed by atoms with Gasteiger partial charge in [-0.3, -0.25) is 4.79 Å². The minimum absolute atomic E-state index is 0.102. The molecule has 4 rings (SSSR count). The van der Waals surface area contributed by atoms with Crippen LogP contribution in [0.4, 0.5) is 0 Å². The van der Waals surface area contributed by atoms with Crippen molar-refractivity contribution in [3.8, 4) is 0 Å². The van der Waals surface area contributed by atoms with Crippen LogP contribution in [0.3, 0.4) is 0 Å². The van der Waals surface area contributed by atoms with Crippen LogP contribution in [0.15, 0.2) is 0 Å². The summed E-state index contributed by atoms with van der Waals surface area (Å²) >= 11 is 0. The number of nitrogens with one attached hydrogen (secondary N) is 1.